The van der Waals surface area contributed by atoms with E-state index in [4.69, 9.17) is 16.3 Å². The van der Waals surface area contributed by atoms with Gasteiger partial charge in [-0.2, -0.15) is 5.26 Å². The van der Waals surface area contributed by atoms with Crippen LogP contribution in [0, 0.1) is 11.3 Å². The molecule has 0 spiro atoms. The Labute approximate surface area is 147 Å². The van der Waals surface area contributed by atoms with Gasteiger partial charge in [-0.3, -0.25) is 4.57 Å². The standard InChI is InChI=1S/C17H12ClN3O2S/c1-2-23-17(22)15-14(11-3-5-12(18)6-4-11)13(9-19)16(24-15)21-8-7-20-10-21/h3-8,10H,2H2,1H3. The lowest BCUT2D eigenvalue weighted by Crippen LogP contribution is -2.04. The topological polar surface area (TPSA) is 67.9 Å². The first-order valence-electron chi connectivity index (χ1n) is 7.14. The van der Waals surface area contributed by atoms with Gasteiger partial charge in [-0.15, -0.1) is 11.3 Å². The molecule has 0 saturated heterocycles. The summed E-state index contributed by atoms with van der Waals surface area (Å²) in [7, 11) is 0. The van der Waals surface area contributed by atoms with Gasteiger partial charge in [0.05, 0.1) is 18.5 Å². The average Bonchev–Trinajstić information content (AvgIpc) is 3.22. The lowest BCUT2D eigenvalue weighted by atomic mass is 10.0. The molecule has 2 heterocycles. The minimum absolute atomic E-state index is 0.263. The van der Waals surface area contributed by atoms with Gasteiger partial charge in [0.2, 0.25) is 0 Å². The Bertz CT molecular complexity index is 909. The van der Waals surface area contributed by atoms with Crippen molar-refractivity contribution in [3.63, 3.8) is 0 Å². The molecule has 0 bridgehead atoms. The number of imidazole rings is 1. The number of halogens is 1. The van der Waals surface area contributed by atoms with E-state index in [0.29, 0.717) is 26.0 Å². The van der Waals surface area contributed by atoms with E-state index in [1.807, 2.05) is 0 Å². The fourth-order valence-corrected chi connectivity index (χ4v) is 3.56. The maximum Gasteiger partial charge on any atom is 0.349 e. The van der Waals surface area contributed by atoms with Crippen LogP contribution in [0.15, 0.2) is 43.0 Å². The lowest BCUT2D eigenvalue weighted by Gasteiger charge is -2.05. The predicted molar refractivity (Wildman–Crippen MR) is 92.6 cm³/mol. The lowest BCUT2D eigenvalue weighted by molar-refractivity contribution is 0.0533. The van der Waals surface area contributed by atoms with E-state index in [-0.39, 0.29) is 6.61 Å². The SMILES string of the molecule is CCOC(=O)c1sc(-n2ccnc2)c(C#N)c1-c1ccc(Cl)cc1. The molecule has 2 aromatic heterocycles. The van der Waals surface area contributed by atoms with E-state index in [1.165, 1.54) is 11.3 Å². The summed E-state index contributed by atoms with van der Waals surface area (Å²) in [6.45, 7) is 2.01. The van der Waals surface area contributed by atoms with Crippen LogP contribution in [-0.2, 0) is 4.74 Å². The number of ether oxygens (including phenoxy) is 1. The van der Waals surface area contributed by atoms with Gasteiger partial charge in [-0.25, -0.2) is 9.78 Å². The van der Waals surface area contributed by atoms with Crippen LogP contribution in [0.2, 0.25) is 5.02 Å². The molecule has 0 atom stereocenters. The number of rotatable bonds is 4. The molecule has 0 radical (unpaired) electrons. The summed E-state index contributed by atoms with van der Waals surface area (Å²) < 4.78 is 6.87. The first kappa shape index (κ1) is 16.2. The van der Waals surface area contributed by atoms with Gasteiger partial charge in [-0.1, -0.05) is 23.7 Å². The molecule has 0 aliphatic carbocycles. The van der Waals surface area contributed by atoms with Crippen molar-refractivity contribution in [2.75, 3.05) is 6.61 Å². The van der Waals surface area contributed by atoms with Crippen molar-refractivity contribution in [1.82, 2.24) is 9.55 Å². The maximum atomic E-state index is 12.4. The Hall–Kier alpha value is -2.62. The molecule has 0 fully saturated rings. The van der Waals surface area contributed by atoms with Crippen molar-refractivity contribution >= 4 is 28.9 Å². The van der Waals surface area contributed by atoms with Gasteiger partial charge in [-0.05, 0) is 24.6 Å². The molecular formula is C17H12ClN3O2S. The van der Waals surface area contributed by atoms with Gasteiger partial charge in [0, 0.05) is 23.0 Å². The highest BCUT2D eigenvalue weighted by Crippen LogP contribution is 2.39. The van der Waals surface area contributed by atoms with Crippen molar-refractivity contribution in [3.8, 4) is 22.2 Å². The normalized spacial score (nSPS) is 10.4. The fourth-order valence-electron chi connectivity index (χ4n) is 2.32. The molecule has 3 aromatic rings. The van der Waals surface area contributed by atoms with E-state index in [0.717, 1.165) is 5.56 Å². The number of hydrogen-bond acceptors (Lipinski definition) is 5. The van der Waals surface area contributed by atoms with E-state index >= 15 is 0 Å². The first-order chi connectivity index (χ1) is 11.7. The van der Waals surface area contributed by atoms with Crippen LogP contribution >= 0.6 is 22.9 Å². The predicted octanol–water partition coefficient (Wildman–Crippen LogP) is 4.30. The van der Waals surface area contributed by atoms with Crippen LogP contribution in [0.25, 0.3) is 16.1 Å². The monoisotopic (exact) mass is 357 g/mol. The van der Waals surface area contributed by atoms with Crippen LogP contribution in [-0.4, -0.2) is 22.1 Å². The summed E-state index contributed by atoms with van der Waals surface area (Å²) in [4.78, 5) is 16.8. The third-order valence-electron chi connectivity index (χ3n) is 3.33. The quantitative estimate of drug-likeness (QED) is 0.653. The van der Waals surface area contributed by atoms with Gasteiger partial charge in [0.15, 0.2) is 0 Å². The third-order valence-corrected chi connectivity index (χ3v) is 4.77. The second kappa shape index (κ2) is 6.87. The fraction of sp³-hybridized carbons (Fsp3) is 0.118. The number of aromatic nitrogens is 2. The summed E-state index contributed by atoms with van der Waals surface area (Å²) in [5.74, 6) is -0.449. The zero-order valence-corrected chi connectivity index (χ0v) is 14.3. The van der Waals surface area contributed by atoms with Gasteiger partial charge < -0.3 is 4.74 Å². The zero-order valence-electron chi connectivity index (χ0n) is 12.7. The van der Waals surface area contributed by atoms with Crippen molar-refractivity contribution < 1.29 is 9.53 Å². The Morgan fingerprint density at radius 1 is 1.42 bits per heavy atom. The number of carbonyl (C=O) groups excluding carboxylic acids is 1. The number of nitriles is 1. The molecule has 0 aliphatic rings. The Morgan fingerprint density at radius 2 is 2.17 bits per heavy atom. The minimum atomic E-state index is -0.449. The molecular weight excluding hydrogens is 346 g/mol. The van der Waals surface area contributed by atoms with E-state index in [9.17, 15) is 10.1 Å². The second-order valence-corrected chi connectivity index (χ2v) is 6.23. The summed E-state index contributed by atoms with van der Waals surface area (Å²) >= 11 is 7.15. The van der Waals surface area contributed by atoms with Crippen LogP contribution < -0.4 is 0 Å². The summed E-state index contributed by atoms with van der Waals surface area (Å²) in [6, 6.07) is 9.22. The maximum absolute atomic E-state index is 12.4. The smallest absolute Gasteiger partial charge is 0.349 e. The number of benzene rings is 1. The van der Waals surface area contributed by atoms with Crippen LogP contribution in [0.3, 0.4) is 0 Å². The van der Waals surface area contributed by atoms with Crippen LogP contribution in [0.1, 0.15) is 22.2 Å². The molecule has 0 aliphatic heterocycles. The van der Waals surface area contributed by atoms with Crippen molar-refractivity contribution in [1.29, 1.82) is 5.26 Å². The zero-order chi connectivity index (χ0) is 17.1. The number of esters is 1. The summed E-state index contributed by atoms with van der Waals surface area (Å²) in [5.41, 5.74) is 1.70. The highest BCUT2D eigenvalue weighted by atomic mass is 35.5. The Morgan fingerprint density at radius 3 is 2.75 bits per heavy atom. The second-order valence-electron chi connectivity index (χ2n) is 4.80. The van der Waals surface area contributed by atoms with Gasteiger partial charge >= 0.3 is 5.97 Å². The Balaban J connectivity index is 2.26. The van der Waals surface area contributed by atoms with Crippen molar-refractivity contribution in [3.05, 3.63) is 58.4 Å². The molecule has 1 aromatic carbocycles. The summed E-state index contributed by atoms with van der Waals surface area (Å²) in [6.07, 6.45) is 4.94. The molecule has 120 valence electrons. The van der Waals surface area contributed by atoms with E-state index in [2.05, 4.69) is 11.1 Å². The molecule has 0 unspecified atom stereocenters. The molecule has 0 N–H and O–H groups in total. The highest BCUT2D eigenvalue weighted by Gasteiger charge is 2.25. The third kappa shape index (κ3) is 2.92. The average molecular weight is 358 g/mol. The number of nitrogens with zero attached hydrogens (tertiary/aromatic N) is 3. The largest absolute Gasteiger partial charge is 0.462 e. The molecule has 7 heteroatoms. The van der Waals surface area contributed by atoms with E-state index < -0.39 is 5.97 Å². The number of thiophene rings is 1. The van der Waals surface area contributed by atoms with E-state index in [1.54, 1.807) is 54.5 Å². The van der Waals surface area contributed by atoms with Crippen LogP contribution in [0.5, 0.6) is 0 Å². The van der Waals surface area contributed by atoms with Crippen molar-refractivity contribution in [2.45, 2.75) is 6.92 Å². The molecule has 0 amide bonds. The van der Waals surface area contributed by atoms with Gasteiger partial charge in [0.1, 0.15) is 15.9 Å². The van der Waals surface area contributed by atoms with Crippen LogP contribution in [0.4, 0.5) is 0 Å². The van der Waals surface area contributed by atoms with Crippen molar-refractivity contribution in [2.24, 2.45) is 0 Å². The minimum Gasteiger partial charge on any atom is -0.462 e. The summed E-state index contributed by atoms with van der Waals surface area (Å²) in [5, 5.41) is 10.9. The first-order valence-corrected chi connectivity index (χ1v) is 8.33. The molecule has 0 saturated carbocycles. The number of hydrogen-bond donors (Lipinski definition) is 0. The molecule has 5 nitrogen and oxygen atoms in total. The highest BCUT2D eigenvalue weighted by molar-refractivity contribution is 7.17. The molecule has 3 rings (SSSR count). The molecule has 24 heavy (non-hydrogen) atoms. The Kier molecular flexibility index (Phi) is 4.65. The van der Waals surface area contributed by atoms with Gasteiger partial charge in [0.25, 0.3) is 0 Å². The number of carbonyl (C=O) groups is 1.